The third-order valence-electron chi connectivity index (χ3n) is 5.04. The number of piperidine rings is 1. The van der Waals surface area contributed by atoms with Crippen LogP contribution in [0.5, 0.6) is 0 Å². The number of esters is 1. The molecule has 0 bridgehead atoms. The Bertz CT molecular complexity index is 794. The van der Waals surface area contributed by atoms with Gasteiger partial charge in [0, 0.05) is 25.1 Å². The highest BCUT2D eigenvalue weighted by Gasteiger charge is 2.29. The molecule has 0 N–H and O–H groups in total. The number of benzene rings is 2. The number of fused-ring (bicyclic) bond motifs is 1. The van der Waals surface area contributed by atoms with E-state index in [2.05, 4.69) is 0 Å². The maximum atomic E-state index is 12.7. The van der Waals surface area contributed by atoms with Crippen molar-refractivity contribution in [1.29, 1.82) is 0 Å². The summed E-state index contributed by atoms with van der Waals surface area (Å²) < 4.78 is 5.58. The highest BCUT2D eigenvalue weighted by Crippen LogP contribution is 2.31. The zero-order chi connectivity index (χ0) is 17.2. The van der Waals surface area contributed by atoms with Crippen molar-refractivity contribution < 1.29 is 14.3 Å². The molecule has 0 radical (unpaired) electrons. The molecule has 128 valence electrons. The molecular weight excluding hydrogens is 314 g/mol. The van der Waals surface area contributed by atoms with Gasteiger partial charge in [0.1, 0.15) is 6.10 Å². The van der Waals surface area contributed by atoms with Crippen LogP contribution in [0.4, 0.5) is 0 Å². The van der Waals surface area contributed by atoms with Gasteiger partial charge in [-0.2, -0.15) is 0 Å². The first-order valence-electron chi connectivity index (χ1n) is 8.90. The van der Waals surface area contributed by atoms with Gasteiger partial charge in [-0.1, -0.05) is 30.3 Å². The second kappa shape index (κ2) is 6.71. The molecule has 2 aromatic carbocycles. The second-order valence-electron chi connectivity index (χ2n) is 6.73. The predicted octanol–water partition coefficient (Wildman–Crippen LogP) is 3.77. The van der Waals surface area contributed by atoms with Crippen LogP contribution in [-0.4, -0.2) is 29.9 Å². The maximum absolute atomic E-state index is 12.7. The van der Waals surface area contributed by atoms with Gasteiger partial charge < -0.3 is 9.64 Å². The van der Waals surface area contributed by atoms with E-state index >= 15 is 0 Å². The number of hydrogen-bond donors (Lipinski definition) is 0. The SMILES string of the molecule is O=C1OC(c2ccccc2)Cc2cc(C(=O)N3CCCCC3)ccc21. The molecule has 4 rings (SSSR count). The lowest BCUT2D eigenvalue weighted by Gasteiger charge is -2.28. The fourth-order valence-electron chi connectivity index (χ4n) is 3.66. The van der Waals surface area contributed by atoms with E-state index in [1.54, 1.807) is 12.1 Å². The summed E-state index contributed by atoms with van der Waals surface area (Å²) in [7, 11) is 0. The summed E-state index contributed by atoms with van der Waals surface area (Å²) in [4.78, 5) is 27.0. The Balaban J connectivity index is 1.61. The fraction of sp³-hybridized carbons (Fsp3) is 0.333. The number of hydrogen-bond acceptors (Lipinski definition) is 3. The Kier molecular flexibility index (Phi) is 4.26. The molecule has 4 nitrogen and oxygen atoms in total. The van der Waals surface area contributed by atoms with Gasteiger partial charge in [0.05, 0.1) is 5.56 Å². The Morgan fingerprint density at radius 1 is 1.00 bits per heavy atom. The van der Waals surface area contributed by atoms with Crippen LogP contribution in [0.1, 0.15) is 57.2 Å². The van der Waals surface area contributed by atoms with Crippen LogP contribution in [0.15, 0.2) is 48.5 Å². The molecule has 25 heavy (non-hydrogen) atoms. The number of carbonyl (C=O) groups excluding carboxylic acids is 2. The number of ether oxygens (including phenoxy) is 1. The van der Waals surface area contributed by atoms with Crippen LogP contribution in [0.2, 0.25) is 0 Å². The van der Waals surface area contributed by atoms with Gasteiger partial charge in [-0.25, -0.2) is 4.79 Å². The minimum absolute atomic E-state index is 0.0673. The zero-order valence-electron chi connectivity index (χ0n) is 14.1. The summed E-state index contributed by atoms with van der Waals surface area (Å²) in [6, 6.07) is 15.1. The van der Waals surface area contributed by atoms with E-state index in [0.717, 1.165) is 37.1 Å². The summed E-state index contributed by atoms with van der Waals surface area (Å²) in [5.74, 6) is -0.246. The summed E-state index contributed by atoms with van der Waals surface area (Å²) in [5, 5.41) is 0. The van der Waals surface area contributed by atoms with Crippen molar-refractivity contribution in [3.63, 3.8) is 0 Å². The van der Waals surface area contributed by atoms with Crippen LogP contribution < -0.4 is 0 Å². The summed E-state index contributed by atoms with van der Waals surface area (Å²) >= 11 is 0. The smallest absolute Gasteiger partial charge is 0.339 e. The van der Waals surface area contributed by atoms with E-state index in [1.165, 1.54) is 6.42 Å². The maximum Gasteiger partial charge on any atom is 0.339 e. The normalized spacial score (nSPS) is 19.9. The number of rotatable bonds is 2. The molecule has 1 saturated heterocycles. The standard InChI is InChI=1S/C21H21NO3/c23-20(22-11-5-2-6-12-22)16-9-10-18-17(13-16)14-19(25-21(18)24)15-7-3-1-4-8-15/h1,3-4,7-10,13,19H,2,5-6,11-12,14H2. The molecule has 1 amide bonds. The number of amides is 1. The number of likely N-dealkylation sites (tertiary alicyclic amines) is 1. The lowest BCUT2D eigenvalue weighted by Crippen LogP contribution is -2.35. The molecule has 1 unspecified atom stereocenters. The average molecular weight is 335 g/mol. The molecule has 1 fully saturated rings. The molecule has 2 heterocycles. The van der Waals surface area contributed by atoms with Gasteiger partial charge in [0.15, 0.2) is 0 Å². The number of cyclic esters (lactones) is 1. The van der Waals surface area contributed by atoms with Crippen LogP contribution >= 0.6 is 0 Å². The highest BCUT2D eigenvalue weighted by molar-refractivity contribution is 5.97. The van der Waals surface area contributed by atoms with Crippen molar-refractivity contribution in [3.05, 3.63) is 70.8 Å². The Labute approximate surface area is 147 Å². The summed E-state index contributed by atoms with van der Waals surface area (Å²) in [6.45, 7) is 1.65. The largest absolute Gasteiger partial charge is 0.454 e. The van der Waals surface area contributed by atoms with E-state index in [9.17, 15) is 9.59 Å². The van der Waals surface area contributed by atoms with E-state index in [-0.39, 0.29) is 18.0 Å². The van der Waals surface area contributed by atoms with E-state index in [4.69, 9.17) is 4.74 Å². The van der Waals surface area contributed by atoms with Gasteiger partial charge >= 0.3 is 5.97 Å². The summed E-state index contributed by atoms with van der Waals surface area (Å²) in [5.41, 5.74) is 3.12. The van der Waals surface area contributed by atoms with E-state index in [1.807, 2.05) is 41.3 Å². The third kappa shape index (κ3) is 3.16. The average Bonchev–Trinajstić information content (AvgIpc) is 2.68. The topological polar surface area (TPSA) is 46.6 Å². The van der Waals surface area contributed by atoms with E-state index in [0.29, 0.717) is 17.5 Å². The molecule has 2 aliphatic rings. The van der Waals surface area contributed by atoms with Gasteiger partial charge in [0.25, 0.3) is 5.91 Å². The molecule has 2 aliphatic heterocycles. The fourth-order valence-corrected chi connectivity index (χ4v) is 3.66. The van der Waals surface area contributed by atoms with Crippen molar-refractivity contribution in [1.82, 2.24) is 4.90 Å². The van der Waals surface area contributed by atoms with Crippen LogP contribution in [0.25, 0.3) is 0 Å². The Hall–Kier alpha value is -2.62. The van der Waals surface area contributed by atoms with Gasteiger partial charge in [0.2, 0.25) is 0 Å². The van der Waals surface area contributed by atoms with Crippen molar-refractivity contribution in [2.24, 2.45) is 0 Å². The van der Waals surface area contributed by atoms with Crippen LogP contribution in [-0.2, 0) is 11.2 Å². The summed E-state index contributed by atoms with van der Waals surface area (Å²) in [6.07, 6.45) is 3.64. The van der Waals surface area contributed by atoms with Gasteiger partial charge in [-0.15, -0.1) is 0 Å². The first-order chi connectivity index (χ1) is 12.2. The molecule has 0 aliphatic carbocycles. The quantitative estimate of drug-likeness (QED) is 0.785. The first kappa shape index (κ1) is 15.9. The van der Waals surface area contributed by atoms with Gasteiger partial charge in [-0.3, -0.25) is 4.79 Å². The van der Waals surface area contributed by atoms with Gasteiger partial charge in [-0.05, 0) is 48.6 Å². The highest BCUT2D eigenvalue weighted by atomic mass is 16.5. The lowest BCUT2D eigenvalue weighted by atomic mass is 9.93. The predicted molar refractivity (Wildman–Crippen MR) is 94.5 cm³/mol. The third-order valence-corrected chi connectivity index (χ3v) is 5.04. The zero-order valence-corrected chi connectivity index (χ0v) is 14.1. The van der Waals surface area contributed by atoms with Crippen LogP contribution in [0.3, 0.4) is 0 Å². The Morgan fingerprint density at radius 3 is 2.52 bits per heavy atom. The monoisotopic (exact) mass is 335 g/mol. The molecule has 0 spiro atoms. The molecule has 0 saturated carbocycles. The molecule has 2 aromatic rings. The number of nitrogens with zero attached hydrogens (tertiary/aromatic N) is 1. The molecular formula is C21H21NO3. The van der Waals surface area contributed by atoms with Crippen molar-refractivity contribution in [2.75, 3.05) is 13.1 Å². The second-order valence-corrected chi connectivity index (χ2v) is 6.73. The number of carbonyl (C=O) groups is 2. The lowest BCUT2D eigenvalue weighted by molar-refractivity contribution is 0.0252. The first-order valence-corrected chi connectivity index (χ1v) is 8.90. The van der Waals surface area contributed by atoms with E-state index < -0.39 is 0 Å². The molecule has 4 heteroatoms. The van der Waals surface area contributed by atoms with Crippen molar-refractivity contribution >= 4 is 11.9 Å². The minimum atomic E-state index is -0.313. The van der Waals surface area contributed by atoms with Crippen molar-refractivity contribution in [2.45, 2.75) is 31.8 Å². The molecule has 1 atom stereocenters. The minimum Gasteiger partial charge on any atom is -0.454 e. The van der Waals surface area contributed by atoms with Crippen LogP contribution in [0, 0.1) is 0 Å². The van der Waals surface area contributed by atoms with Crippen molar-refractivity contribution in [3.8, 4) is 0 Å². The molecule has 0 aromatic heterocycles. The Morgan fingerprint density at radius 2 is 1.76 bits per heavy atom.